The van der Waals surface area contributed by atoms with Crippen molar-refractivity contribution in [3.8, 4) is 0 Å². The first-order valence-electron chi connectivity index (χ1n) is 7.92. The Balaban J connectivity index is 1.82. The molecule has 0 aliphatic carbocycles. The third-order valence-corrected chi connectivity index (χ3v) is 5.50. The van der Waals surface area contributed by atoms with Gasteiger partial charge in [0, 0.05) is 35.5 Å². The maximum Gasteiger partial charge on any atom is 0.212 e. The number of anilines is 1. The van der Waals surface area contributed by atoms with Crippen molar-refractivity contribution in [2.75, 3.05) is 11.9 Å². The molecule has 0 saturated carbocycles. The van der Waals surface area contributed by atoms with Crippen LogP contribution in [0.5, 0.6) is 0 Å². The SMILES string of the molecule is CC[n+]1c(C=C2Sc3ccccc3N2C)ccc2ccccc21. The minimum absolute atomic E-state index is 0.960. The van der Waals surface area contributed by atoms with Crippen molar-refractivity contribution in [1.29, 1.82) is 0 Å². The summed E-state index contributed by atoms with van der Waals surface area (Å²) in [6.45, 7) is 3.16. The van der Waals surface area contributed by atoms with Crippen LogP contribution in [0.15, 0.2) is 70.6 Å². The molecule has 114 valence electrons. The minimum Gasteiger partial charge on any atom is -0.338 e. The highest BCUT2D eigenvalue weighted by atomic mass is 32.2. The van der Waals surface area contributed by atoms with E-state index in [2.05, 4.69) is 90.2 Å². The van der Waals surface area contributed by atoms with Crippen LogP contribution >= 0.6 is 11.8 Å². The molecule has 2 aromatic carbocycles. The van der Waals surface area contributed by atoms with Gasteiger partial charge in [0.05, 0.1) is 10.7 Å². The van der Waals surface area contributed by atoms with E-state index >= 15 is 0 Å². The van der Waals surface area contributed by atoms with Crippen LogP contribution in [0.2, 0.25) is 0 Å². The first kappa shape index (κ1) is 14.3. The van der Waals surface area contributed by atoms with Gasteiger partial charge >= 0.3 is 0 Å². The monoisotopic (exact) mass is 319 g/mol. The second-order valence-electron chi connectivity index (χ2n) is 5.67. The van der Waals surface area contributed by atoms with Gasteiger partial charge in [0.25, 0.3) is 0 Å². The van der Waals surface area contributed by atoms with Crippen LogP contribution in [0.1, 0.15) is 12.6 Å². The van der Waals surface area contributed by atoms with Gasteiger partial charge in [-0.05, 0) is 31.2 Å². The molecule has 1 aliphatic rings. The van der Waals surface area contributed by atoms with Crippen LogP contribution in [0.3, 0.4) is 0 Å². The Kier molecular flexibility index (Phi) is 3.58. The number of hydrogen-bond donors (Lipinski definition) is 0. The molecule has 0 N–H and O–H groups in total. The molecule has 1 aromatic heterocycles. The van der Waals surface area contributed by atoms with Gasteiger partial charge in [-0.3, -0.25) is 0 Å². The number of nitrogens with zero attached hydrogens (tertiary/aromatic N) is 2. The van der Waals surface area contributed by atoms with Crippen LogP contribution in [0.25, 0.3) is 17.0 Å². The van der Waals surface area contributed by atoms with Gasteiger partial charge in [0.1, 0.15) is 6.54 Å². The highest BCUT2D eigenvalue weighted by Crippen LogP contribution is 2.45. The zero-order valence-corrected chi connectivity index (χ0v) is 14.2. The molecular formula is C20H19N2S+. The molecule has 3 heteroatoms. The lowest BCUT2D eigenvalue weighted by Gasteiger charge is -2.13. The summed E-state index contributed by atoms with van der Waals surface area (Å²) in [5, 5.41) is 2.55. The second-order valence-corrected chi connectivity index (χ2v) is 6.73. The number of fused-ring (bicyclic) bond motifs is 2. The van der Waals surface area contributed by atoms with E-state index in [0.717, 1.165) is 6.54 Å². The number of thioether (sulfide) groups is 1. The van der Waals surface area contributed by atoms with Gasteiger partial charge < -0.3 is 4.90 Å². The van der Waals surface area contributed by atoms with Crippen LogP contribution in [-0.4, -0.2) is 7.05 Å². The maximum absolute atomic E-state index is 2.37. The lowest BCUT2D eigenvalue weighted by molar-refractivity contribution is -0.669. The molecule has 23 heavy (non-hydrogen) atoms. The first-order chi connectivity index (χ1) is 11.3. The van der Waals surface area contributed by atoms with Crippen molar-refractivity contribution >= 4 is 34.4 Å². The number of rotatable bonds is 2. The Bertz CT molecular complexity index is 914. The van der Waals surface area contributed by atoms with E-state index < -0.39 is 0 Å². The average Bonchev–Trinajstić information content (AvgIpc) is 2.91. The summed E-state index contributed by atoms with van der Waals surface area (Å²) < 4.78 is 2.37. The minimum atomic E-state index is 0.960. The van der Waals surface area contributed by atoms with E-state index in [1.54, 1.807) is 0 Å². The molecule has 0 fully saturated rings. The third kappa shape index (κ3) is 2.41. The summed E-state index contributed by atoms with van der Waals surface area (Å²) in [7, 11) is 2.14. The van der Waals surface area contributed by atoms with Gasteiger partial charge in [-0.1, -0.05) is 36.0 Å². The van der Waals surface area contributed by atoms with E-state index in [4.69, 9.17) is 0 Å². The third-order valence-electron chi connectivity index (χ3n) is 4.33. The number of pyridine rings is 1. The fraction of sp³-hybridized carbons (Fsp3) is 0.150. The molecule has 2 nitrogen and oxygen atoms in total. The summed E-state index contributed by atoms with van der Waals surface area (Å²) in [5.41, 5.74) is 3.81. The van der Waals surface area contributed by atoms with Gasteiger partial charge in [0.2, 0.25) is 11.2 Å². The molecule has 0 saturated heterocycles. The molecule has 2 heterocycles. The summed E-state index contributed by atoms with van der Waals surface area (Å²) in [6.07, 6.45) is 2.29. The first-order valence-corrected chi connectivity index (χ1v) is 8.73. The van der Waals surface area contributed by atoms with Crippen LogP contribution < -0.4 is 9.47 Å². The number of benzene rings is 2. The quantitative estimate of drug-likeness (QED) is 0.633. The summed E-state index contributed by atoms with van der Waals surface area (Å²) in [4.78, 5) is 3.60. The smallest absolute Gasteiger partial charge is 0.212 e. The molecule has 0 atom stereocenters. The summed E-state index contributed by atoms with van der Waals surface area (Å²) in [6, 6.07) is 21.6. The zero-order chi connectivity index (χ0) is 15.8. The Morgan fingerprint density at radius 3 is 2.61 bits per heavy atom. The maximum atomic E-state index is 2.37. The topological polar surface area (TPSA) is 7.12 Å². The van der Waals surface area contributed by atoms with Gasteiger partial charge in [-0.2, -0.15) is 4.57 Å². The van der Waals surface area contributed by atoms with Crippen LogP contribution in [-0.2, 0) is 6.54 Å². The summed E-state index contributed by atoms with van der Waals surface area (Å²) >= 11 is 1.84. The average molecular weight is 319 g/mol. The fourth-order valence-corrected chi connectivity index (χ4v) is 4.23. The fourth-order valence-electron chi connectivity index (χ4n) is 3.13. The standard InChI is InChI=1S/C20H19N2S/c1-3-22-16(13-12-15-8-4-5-9-17(15)22)14-20-21(2)18-10-6-7-11-19(18)23-20/h4-14H,3H2,1-2H3/q+1. The molecule has 0 unspecified atom stereocenters. The van der Waals surface area contributed by atoms with Crippen LogP contribution in [0, 0.1) is 0 Å². The Morgan fingerprint density at radius 1 is 1.00 bits per heavy atom. The predicted octanol–water partition coefficient (Wildman–Crippen LogP) is 4.69. The van der Waals surface area contributed by atoms with Gasteiger partial charge in [-0.25, -0.2) is 0 Å². The highest BCUT2D eigenvalue weighted by Gasteiger charge is 2.23. The zero-order valence-electron chi connectivity index (χ0n) is 13.4. The van der Waals surface area contributed by atoms with Crippen molar-refractivity contribution in [3.05, 3.63) is 71.4 Å². The molecule has 0 amide bonds. The number of aryl methyl sites for hydroxylation is 1. The molecule has 4 rings (SSSR count). The number of aromatic nitrogens is 1. The van der Waals surface area contributed by atoms with E-state index in [1.807, 2.05) is 11.8 Å². The molecule has 0 radical (unpaired) electrons. The van der Waals surface area contributed by atoms with Gasteiger partial charge in [-0.15, -0.1) is 0 Å². The van der Waals surface area contributed by atoms with E-state index in [-0.39, 0.29) is 0 Å². The predicted molar refractivity (Wildman–Crippen MR) is 98.5 cm³/mol. The normalized spacial score (nSPS) is 15.4. The number of para-hydroxylation sites is 2. The van der Waals surface area contributed by atoms with Crippen LogP contribution in [0.4, 0.5) is 5.69 Å². The molecule has 0 spiro atoms. The molecule has 0 bridgehead atoms. The molecular weight excluding hydrogens is 300 g/mol. The second kappa shape index (κ2) is 5.74. The van der Waals surface area contributed by atoms with E-state index in [9.17, 15) is 0 Å². The van der Waals surface area contributed by atoms with Crippen molar-refractivity contribution in [2.24, 2.45) is 0 Å². The highest BCUT2D eigenvalue weighted by molar-refractivity contribution is 8.03. The van der Waals surface area contributed by atoms with Crippen molar-refractivity contribution < 1.29 is 4.57 Å². The van der Waals surface area contributed by atoms with Crippen molar-refractivity contribution in [3.63, 3.8) is 0 Å². The lowest BCUT2D eigenvalue weighted by Crippen LogP contribution is -2.36. The number of hydrogen-bond acceptors (Lipinski definition) is 2. The Hall–Kier alpha value is -2.26. The lowest BCUT2D eigenvalue weighted by atomic mass is 10.2. The van der Waals surface area contributed by atoms with E-state index in [1.165, 1.54) is 32.2 Å². The molecule has 1 aliphatic heterocycles. The van der Waals surface area contributed by atoms with E-state index in [0.29, 0.717) is 0 Å². The summed E-state index contributed by atoms with van der Waals surface area (Å²) in [5.74, 6) is 0. The van der Waals surface area contributed by atoms with Crippen molar-refractivity contribution in [1.82, 2.24) is 0 Å². The molecule has 3 aromatic rings. The van der Waals surface area contributed by atoms with Crippen molar-refractivity contribution in [2.45, 2.75) is 18.4 Å². The Morgan fingerprint density at radius 2 is 1.78 bits per heavy atom. The van der Waals surface area contributed by atoms with Gasteiger partial charge in [0.15, 0.2) is 0 Å². The Labute approximate surface area is 141 Å². The largest absolute Gasteiger partial charge is 0.338 e.